The van der Waals surface area contributed by atoms with E-state index in [-0.39, 0.29) is 23.1 Å². The van der Waals surface area contributed by atoms with Crippen LogP contribution in [0.1, 0.15) is 5.56 Å². The molecule has 0 unspecified atom stereocenters. The average Bonchev–Trinajstić information content (AvgIpc) is 2.83. The van der Waals surface area contributed by atoms with Gasteiger partial charge in [0.2, 0.25) is 5.88 Å². The number of ether oxygens (including phenoxy) is 1. The van der Waals surface area contributed by atoms with Crippen LogP contribution in [-0.2, 0) is 6.54 Å². The van der Waals surface area contributed by atoms with Crippen molar-refractivity contribution in [2.45, 2.75) is 6.54 Å². The second kappa shape index (κ2) is 6.10. The first kappa shape index (κ1) is 15.6. The minimum atomic E-state index is -0.259. The maximum Gasteiger partial charge on any atom is 0.222 e. The highest BCUT2D eigenvalue weighted by molar-refractivity contribution is 6.45. The van der Waals surface area contributed by atoms with Crippen LogP contribution in [0.4, 0.5) is 5.69 Å². The van der Waals surface area contributed by atoms with Gasteiger partial charge < -0.3 is 14.4 Å². The molecule has 2 aromatic carbocycles. The van der Waals surface area contributed by atoms with E-state index in [2.05, 4.69) is 5.18 Å². The number of rotatable bonds is 4. The molecule has 1 N–H and O–H groups in total. The van der Waals surface area contributed by atoms with Crippen molar-refractivity contribution in [3.05, 3.63) is 56.9 Å². The summed E-state index contributed by atoms with van der Waals surface area (Å²) in [6, 6.07) is 10.5. The van der Waals surface area contributed by atoms with Crippen molar-refractivity contribution in [1.82, 2.24) is 4.57 Å². The highest BCUT2D eigenvalue weighted by atomic mass is 35.5. The first-order valence-corrected chi connectivity index (χ1v) is 7.48. The van der Waals surface area contributed by atoms with Crippen LogP contribution in [0.2, 0.25) is 10.0 Å². The predicted molar refractivity (Wildman–Crippen MR) is 91.2 cm³/mol. The zero-order valence-corrected chi connectivity index (χ0v) is 13.6. The molecule has 0 radical (unpaired) electrons. The van der Waals surface area contributed by atoms with Crippen LogP contribution in [-0.4, -0.2) is 16.8 Å². The Hall–Kier alpha value is -2.24. The summed E-state index contributed by atoms with van der Waals surface area (Å²) in [4.78, 5) is 11.1. The standard InChI is InChI=1S/C16H12Cl2N2O3/c1-23-12-5-3-2-4-9(12)8-20-15-10(14(19-22)16(20)21)6-7-11(17)13(15)18/h2-7,21H,8H2,1H3. The van der Waals surface area contributed by atoms with Gasteiger partial charge >= 0.3 is 0 Å². The summed E-state index contributed by atoms with van der Waals surface area (Å²) in [5.41, 5.74) is 1.21. The highest BCUT2D eigenvalue weighted by Crippen LogP contribution is 2.44. The molecule has 0 aliphatic carbocycles. The molecule has 0 amide bonds. The normalized spacial score (nSPS) is 10.9. The minimum Gasteiger partial charge on any atom is -0.496 e. The van der Waals surface area contributed by atoms with E-state index in [1.54, 1.807) is 19.2 Å². The Morgan fingerprint density at radius 1 is 1.22 bits per heavy atom. The Balaban J connectivity index is 2.26. The molecule has 0 atom stereocenters. The molecule has 23 heavy (non-hydrogen) atoms. The third-order valence-electron chi connectivity index (χ3n) is 3.67. The lowest BCUT2D eigenvalue weighted by atomic mass is 10.2. The van der Waals surface area contributed by atoms with E-state index in [1.807, 2.05) is 24.3 Å². The number of halogens is 2. The zero-order chi connectivity index (χ0) is 16.6. The van der Waals surface area contributed by atoms with Gasteiger partial charge in [0, 0.05) is 10.9 Å². The minimum absolute atomic E-state index is 0.0616. The molecule has 0 aliphatic rings. The van der Waals surface area contributed by atoms with Gasteiger partial charge in [-0.2, -0.15) is 0 Å². The second-order valence-corrected chi connectivity index (χ2v) is 5.70. The predicted octanol–water partition coefficient (Wildman–Crippen LogP) is 5.11. The van der Waals surface area contributed by atoms with Gasteiger partial charge in [0.25, 0.3) is 0 Å². The first-order valence-electron chi connectivity index (χ1n) is 6.73. The number of para-hydroxylation sites is 1. The zero-order valence-electron chi connectivity index (χ0n) is 12.1. The summed E-state index contributed by atoms with van der Waals surface area (Å²) >= 11 is 12.3. The second-order valence-electron chi connectivity index (χ2n) is 4.92. The van der Waals surface area contributed by atoms with Crippen LogP contribution in [0.25, 0.3) is 10.9 Å². The van der Waals surface area contributed by atoms with Crippen molar-refractivity contribution in [3.8, 4) is 11.6 Å². The van der Waals surface area contributed by atoms with E-state index in [9.17, 15) is 10.0 Å². The summed E-state index contributed by atoms with van der Waals surface area (Å²) < 4.78 is 6.82. The number of aromatic hydroxyl groups is 1. The number of hydrogen-bond donors (Lipinski definition) is 1. The number of nitrogens with zero attached hydrogens (tertiary/aromatic N) is 2. The summed E-state index contributed by atoms with van der Waals surface area (Å²) in [7, 11) is 1.56. The van der Waals surface area contributed by atoms with Crippen molar-refractivity contribution in [3.63, 3.8) is 0 Å². The number of benzene rings is 2. The summed E-state index contributed by atoms with van der Waals surface area (Å²) in [6.07, 6.45) is 0. The van der Waals surface area contributed by atoms with Gasteiger partial charge in [-0.25, -0.2) is 0 Å². The van der Waals surface area contributed by atoms with Gasteiger partial charge in [0.05, 0.1) is 29.2 Å². The van der Waals surface area contributed by atoms with E-state index in [1.165, 1.54) is 4.57 Å². The van der Waals surface area contributed by atoms with Crippen molar-refractivity contribution >= 4 is 39.8 Å². The molecule has 7 heteroatoms. The monoisotopic (exact) mass is 350 g/mol. The summed E-state index contributed by atoms with van der Waals surface area (Å²) in [5, 5.41) is 14.3. The van der Waals surface area contributed by atoms with E-state index < -0.39 is 0 Å². The number of fused-ring (bicyclic) bond motifs is 1. The van der Waals surface area contributed by atoms with Gasteiger partial charge in [-0.15, -0.1) is 4.91 Å². The van der Waals surface area contributed by atoms with Crippen LogP contribution in [0, 0.1) is 4.91 Å². The molecule has 0 saturated carbocycles. The van der Waals surface area contributed by atoms with Crippen LogP contribution < -0.4 is 4.74 Å². The fourth-order valence-electron chi connectivity index (χ4n) is 2.60. The van der Waals surface area contributed by atoms with Gasteiger partial charge in [0.15, 0.2) is 5.69 Å². The third-order valence-corrected chi connectivity index (χ3v) is 4.47. The molecule has 0 saturated heterocycles. The SMILES string of the molecule is COc1ccccc1Cn1c(O)c(N=O)c2ccc(Cl)c(Cl)c21. The first-order chi connectivity index (χ1) is 11.1. The molecule has 1 heterocycles. The van der Waals surface area contributed by atoms with Crippen LogP contribution in [0.5, 0.6) is 11.6 Å². The van der Waals surface area contributed by atoms with Crippen molar-refractivity contribution < 1.29 is 9.84 Å². The van der Waals surface area contributed by atoms with E-state index in [0.717, 1.165) is 5.56 Å². The van der Waals surface area contributed by atoms with Gasteiger partial charge in [-0.05, 0) is 23.4 Å². The Kier molecular flexibility index (Phi) is 4.15. The van der Waals surface area contributed by atoms with Crippen LogP contribution >= 0.6 is 23.2 Å². The fraction of sp³-hybridized carbons (Fsp3) is 0.125. The Morgan fingerprint density at radius 2 is 1.96 bits per heavy atom. The van der Waals surface area contributed by atoms with Crippen LogP contribution in [0.15, 0.2) is 41.6 Å². The number of aromatic nitrogens is 1. The fourth-order valence-corrected chi connectivity index (χ4v) is 3.02. The average molecular weight is 351 g/mol. The number of methoxy groups -OCH3 is 1. The maximum atomic E-state index is 11.1. The highest BCUT2D eigenvalue weighted by Gasteiger charge is 2.21. The van der Waals surface area contributed by atoms with Gasteiger partial charge in [-0.3, -0.25) is 0 Å². The van der Waals surface area contributed by atoms with E-state index in [0.29, 0.717) is 21.7 Å². The Bertz CT molecular complexity index is 906. The molecule has 3 aromatic rings. The third kappa shape index (κ3) is 2.52. The number of nitroso groups, excluding NO2 is 1. The summed E-state index contributed by atoms with van der Waals surface area (Å²) in [6.45, 7) is 0.252. The Morgan fingerprint density at radius 3 is 2.65 bits per heavy atom. The maximum absolute atomic E-state index is 11.1. The van der Waals surface area contributed by atoms with Gasteiger partial charge in [0.1, 0.15) is 5.75 Å². The molecular weight excluding hydrogens is 339 g/mol. The topological polar surface area (TPSA) is 63.8 Å². The molecule has 0 fully saturated rings. The van der Waals surface area contributed by atoms with Crippen molar-refractivity contribution in [2.75, 3.05) is 7.11 Å². The lowest BCUT2D eigenvalue weighted by Gasteiger charge is -2.12. The molecule has 3 rings (SSSR count). The molecule has 118 valence electrons. The molecule has 0 bridgehead atoms. The smallest absolute Gasteiger partial charge is 0.222 e. The van der Waals surface area contributed by atoms with Gasteiger partial charge in [-0.1, -0.05) is 41.4 Å². The quantitative estimate of drug-likeness (QED) is 0.665. The van der Waals surface area contributed by atoms with E-state index in [4.69, 9.17) is 27.9 Å². The molecule has 5 nitrogen and oxygen atoms in total. The Labute approximate surface area is 142 Å². The van der Waals surface area contributed by atoms with Crippen molar-refractivity contribution in [1.29, 1.82) is 0 Å². The molecule has 1 aromatic heterocycles. The summed E-state index contributed by atoms with van der Waals surface area (Å²) in [5.74, 6) is 0.401. The van der Waals surface area contributed by atoms with E-state index >= 15 is 0 Å². The lowest BCUT2D eigenvalue weighted by Crippen LogP contribution is -2.01. The van der Waals surface area contributed by atoms with Crippen LogP contribution in [0.3, 0.4) is 0 Å². The molecule has 0 spiro atoms. The van der Waals surface area contributed by atoms with Crippen molar-refractivity contribution in [2.24, 2.45) is 5.18 Å². The largest absolute Gasteiger partial charge is 0.496 e. The number of hydrogen-bond acceptors (Lipinski definition) is 4. The lowest BCUT2D eigenvalue weighted by molar-refractivity contribution is 0.403. The molecular formula is C16H12Cl2N2O3. The molecule has 0 aliphatic heterocycles.